The summed E-state index contributed by atoms with van der Waals surface area (Å²) in [6.07, 6.45) is 1.94. The Hall–Kier alpha value is -1.33. The van der Waals surface area contributed by atoms with Crippen molar-refractivity contribution in [3.63, 3.8) is 0 Å². The lowest BCUT2D eigenvalue weighted by Gasteiger charge is -2.06. The average Bonchev–Trinajstić information content (AvgIpc) is 2.67. The number of hydrogen-bond acceptors (Lipinski definition) is 3. The van der Waals surface area contributed by atoms with E-state index < -0.39 is 0 Å². The maximum Gasteiger partial charge on any atom is 0.246 e. The van der Waals surface area contributed by atoms with E-state index in [1.165, 1.54) is 0 Å². The van der Waals surface area contributed by atoms with Crippen LogP contribution in [0, 0.1) is 0 Å². The van der Waals surface area contributed by atoms with E-state index in [9.17, 15) is 4.79 Å². The quantitative estimate of drug-likeness (QED) is 0.680. The van der Waals surface area contributed by atoms with Gasteiger partial charge in [-0.15, -0.1) is 0 Å². The first-order valence-electron chi connectivity index (χ1n) is 5.17. The van der Waals surface area contributed by atoms with Gasteiger partial charge in [-0.1, -0.05) is 0 Å². The molecule has 1 amide bonds. The van der Waals surface area contributed by atoms with Crippen molar-refractivity contribution in [1.82, 2.24) is 9.88 Å². The third-order valence-electron chi connectivity index (χ3n) is 2.18. The molecule has 16 heavy (non-hydrogen) atoms. The first kappa shape index (κ1) is 12.7. The van der Waals surface area contributed by atoms with Crippen LogP contribution in [0.5, 0.6) is 0 Å². The van der Waals surface area contributed by atoms with Gasteiger partial charge in [0.2, 0.25) is 5.91 Å². The molecular formula is C11H18N2O3. The molecule has 0 aliphatic carbocycles. The highest BCUT2D eigenvalue weighted by atomic mass is 16.5. The fraction of sp³-hybridized carbons (Fsp3) is 0.545. The second-order valence-corrected chi connectivity index (χ2v) is 3.43. The molecule has 0 radical (unpaired) electrons. The predicted octanol–water partition coefficient (Wildman–Crippen LogP) is 0.304. The number of aryl methyl sites for hydroxylation is 1. The molecule has 0 saturated carbocycles. The minimum absolute atomic E-state index is 0.0772. The lowest BCUT2D eigenvalue weighted by atomic mass is 10.4. The third kappa shape index (κ3) is 4.46. The summed E-state index contributed by atoms with van der Waals surface area (Å²) in [5.41, 5.74) is 1.06. The summed E-state index contributed by atoms with van der Waals surface area (Å²) < 4.78 is 11.9. The zero-order valence-electron chi connectivity index (χ0n) is 9.73. The topological polar surface area (TPSA) is 52.5 Å². The van der Waals surface area contributed by atoms with Gasteiger partial charge in [-0.25, -0.2) is 0 Å². The van der Waals surface area contributed by atoms with Crippen LogP contribution >= 0.6 is 0 Å². The molecule has 0 unspecified atom stereocenters. The fourth-order valence-electron chi connectivity index (χ4n) is 1.23. The summed E-state index contributed by atoms with van der Waals surface area (Å²) in [4.78, 5) is 11.3. The van der Waals surface area contributed by atoms with Gasteiger partial charge in [-0.3, -0.25) is 4.79 Å². The Morgan fingerprint density at radius 1 is 1.50 bits per heavy atom. The summed E-state index contributed by atoms with van der Waals surface area (Å²) in [5, 5.41) is 2.78. The molecule has 0 aliphatic heterocycles. The van der Waals surface area contributed by atoms with Gasteiger partial charge >= 0.3 is 0 Å². The second-order valence-electron chi connectivity index (χ2n) is 3.43. The van der Waals surface area contributed by atoms with Crippen LogP contribution in [0.1, 0.15) is 5.69 Å². The molecule has 1 heterocycles. The summed E-state index contributed by atoms with van der Waals surface area (Å²) in [5.74, 6) is -0.114. The van der Waals surface area contributed by atoms with Crippen molar-refractivity contribution in [2.75, 3.05) is 26.9 Å². The number of rotatable bonds is 7. The zero-order chi connectivity index (χ0) is 11.8. The SMILES string of the molecule is COCCOCC(=O)NCc1cccn1C. The van der Waals surface area contributed by atoms with Crippen molar-refractivity contribution in [2.24, 2.45) is 7.05 Å². The number of hydrogen-bond donors (Lipinski definition) is 1. The molecule has 0 atom stereocenters. The predicted molar refractivity (Wildman–Crippen MR) is 60.0 cm³/mol. The van der Waals surface area contributed by atoms with Crippen molar-refractivity contribution in [3.05, 3.63) is 24.0 Å². The van der Waals surface area contributed by atoms with Gasteiger partial charge in [-0.2, -0.15) is 0 Å². The van der Waals surface area contributed by atoms with Crippen molar-refractivity contribution in [2.45, 2.75) is 6.54 Å². The van der Waals surface area contributed by atoms with Gasteiger partial charge in [-0.05, 0) is 12.1 Å². The number of carbonyl (C=O) groups is 1. The molecule has 90 valence electrons. The van der Waals surface area contributed by atoms with E-state index in [0.29, 0.717) is 19.8 Å². The van der Waals surface area contributed by atoms with Crippen LogP contribution in [0.2, 0.25) is 0 Å². The molecule has 5 heteroatoms. The zero-order valence-corrected chi connectivity index (χ0v) is 9.73. The molecular weight excluding hydrogens is 208 g/mol. The normalized spacial score (nSPS) is 10.4. The van der Waals surface area contributed by atoms with Gasteiger partial charge in [0.05, 0.1) is 19.8 Å². The molecule has 0 aliphatic rings. The van der Waals surface area contributed by atoms with Crippen molar-refractivity contribution < 1.29 is 14.3 Å². The Morgan fingerprint density at radius 2 is 2.31 bits per heavy atom. The van der Waals surface area contributed by atoms with E-state index in [-0.39, 0.29) is 12.5 Å². The number of methoxy groups -OCH3 is 1. The van der Waals surface area contributed by atoms with Crippen molar-refractivity contribution >= 4 is 5.91 Å². The van der Waals surface area contributed by atoms with E-state index in [1.54, 1.807) is 7.11 Å². The standard InChI is InChI=1S/C11H18N2O3/c1-13-5-3-4-10(13)8-12-11(14)9-16-7-6-15-2/h3-5H,6-9H2,1-2H3,(H,12,14). The highest BCUT2D eigenvalue weighted by Crippen LogP contribution is 1.98. The van der Waals surface area contributed by atoms with E-state index in [1.807, 2.05) is 29.9 Å². The largest absolute Gasteiger partial charge is 0.382 e. The van der Waals surface area contributed by atoms with Gasteiger partial charge in [0.15, 0.2) is 0 Å². The molecule has 0 fully saturated rings. The first-order valence-corrected chi connectivity index (χ1v) is 5.17. The third-order valence-corrected chi connectivity index (χ3v) is 2.18. The van der Waals surface area contributed by atoms with Gasteiger partial charge in [0.25, 0.3) is 0 Å². The Kier molecular flexibility index (Phi) is 5.60. The first-order chi connectivity index (χ1) is 7.74. The number of aromatic nitrogens is 1. The fourth-order valence-corrected chi connectivity index (χ4v) is 1.23. The molecule has 1 rings (SSSR count). The van der Waals surface area contributed by atoms with Crippen LogP contribution in [0.4, 0.5) is 0 Å². The van der Waals surface area contributed by atoms with Crippen molar-refractivity contribution in [3.8, 4) is 0 Å². The average molecular weight is 226 g/mol. The molecule has 1 N–H and O–H groups in total. The number of nitrogens with zero attached hydrogens (tertiary/aromatic N) is 1. The monoisotopic (exact) mass is 226 g/mol. The lowest BCUT2D eigenvalue weighted by molar-refractivity contribution is -0.126. The number of carbonyl (C=O) groups excluding carboxylic acids is 1. The van der Waals surface area contributed by atoms with Gasteiger partial charge < -0.3 is 19.4 Å². The van der Waals surface area contributed by atoms with Crippen molar-refractivity contribution in [1.29, 1.82) is 0 Å². The summed E-state index contributed by atoms with van der Waals surface area (Å²) in [7, 11) is 3.54. The molecule has 0 spiro atoms. The summed E-state index contributed by atoms with van der Waals surface area (Å²) in [6, 6.07) is 3.91. The Balaban J connectivity index is 2.13. The van der Waals surface area contributed by atoms with Gasteiger partial charge in [0.1, 0.15) is 6.61 Å². The lowest BCUT2D eigenvalue weighted by Crippen LogP contribution is -2.28. The Morgan fingerprint density at radius 3 is 2.94 bits per heavy atom. The van der Waals surface area contributed by atoms with Crippen LogP contribution in [0.15, 0.2) is 18.3 Å². The van der Waals surface area contributed by atoms with Crippen LogP contribution < -0.4 is 5.32 Å². The minimum Gasteiger partial charge on any atom is -0.382 e. The van der Waals surface area contributed by atoms with Gasteiger partial charge in [0, 0.05) is 26.0 Å². The summed E-state index contributed by atoms with van der Waals surface area (Å²) in [6.45, 7) is 1.54. The Bertz CT molecular complexity index is 323. The van der Waals surface area contributed by atoms with Crippen LogP contribution in [0.3, 0.4) is 0 Å². The highest BCUT2D eigenvalue weighted by molar-refractivity contribution is 5.77. The number of nitrogens with one attached hydrogen (secondary N) is 1. The molecule has 0 aromatic carbocycles. The van der Waals surface area contributed by atoms with E-state index in [0.717, 1.165) is 5.69 Å². The number of ether oxygens (including phenoxy) is 2. The highest BCUT2D eigenvalue weighted by Gasteiger charge is 2.02. The van der Waals surface area contributed by atoms with E-state index in [2.05, 4.69) is 5.32 Å². The molecule has 5 nitrogen and oxygen atoms in total. The number of amides is 1. The molecule has 0 saturated heterocycles. The minimum atomic E-state index is -0.114. The summed E-state index contributed by atoms with van der Waals surface area (Å²) >= 11 is 0. The second kappa shape index (κ2) is 7.03. The van der Waals surface area contributed by atoms with E-state index >= 15 is 0 Å². The van der Waals surface area contributed by atoms with Crippen LogP contribution in [-0.4, -0.2) is 37.4 Å². The molecule has 1 aromatic rings. The maximum absolute atomic E-state index is 11.3. The smallest absolute Gasteiger partial charge is 0.246 e. The Labute approximate surface area is 95.3 Å². The van der Waals surface area contributed by atoms with E-state index in [4.69, 9.17) is 9.47 Å². The van der Waals surface area contributed by atoms with Crippen LogP contribution in [0.25, 0.3) is 0 Å². The molecule has 1 aromatic heterocycles. The maximum atomic E-state index is 11.3. The van der Waals surface area contributed by atoms with Crippen LogP contribution in [-0.2, 0) is 27.9 Å². The molecule has 0 bridgehead atoms.